The van der Waals surface area contributed by atoms with Crippen LogP contribution in [0.15, 0.2) is 12.3 Å². The molecule has 0 spiro atoms. The van der Waals surface area contributed by atoms with Crippen LogP contribution in [0, 0.1) is 0 Å². The van der Waals surface area contributed by atoms with E-state index in [-0.39, 0.29) is 22.2 Å². The summed E-state index contributed by atoms with van der Waals surface area (Å²) in [5.41, 5.74) is -0.794. The third-order valence-electron chi connectivity index (χ3n) is 2.31. The quantitative estimate of drug-likeness (QED) is 0.735. The first-order valence-electron chi connectivity index (χ1n) is 4.91. The first-order chi connectivity index (χ1) is 7.79. The first kappa shape index (κ1) is 12.2. The zero-order chi connectivity index (χ0) is 12.8. The van der Waals surface area contributed by atoms with Crippen molar-refractivity contribution >= 4 is 22.6 Å². The molecule has 2 aromatic rings. The molecule has 0 aliphatic heterocycles. The summed E-state index contributed by atoms with van der Waals surface area (Å²) in [7, 11) is 0. The van der Waals surface area contributed by atoms with Gasteiger partial charge in [0.15, 0.2) is 5.65 Å². The summed E-state index contributed by atoms with van der Waals surface area (Å²) in [6.45, 7) is 3.64. The summed E-state index contributed by atoms with van der Waals surface area (Å²) in [5, 5.41) is 3.73. The molecule has 7 heteroatoms. The van der Waals surface area contributed by atoms with Gasteiger partial charge in [-0.15, -0.1) is 0 Å². The highest BCUT2D eigenvalue weighted by atomic mass is 35.5. The van der Waals surface area contributed by atoms with E-state index in [1.165, 1.54) is 10.9 Å². The predicted octanol–water partition coefficient (Wildman–Crippen LogP) is 3.68. The van der Waals surface area contributed by atoms with Gasteiger partial charge in [0.2, 0.25) is 0 Å². The second-order valence-corrected chi connectivity index (χ2v) is 4.32. The molecule has 0 aromatic carbocycles. The first-order valence-corrected chi connectivity index (χ1v) is 5.29. The molecule has 2 heterocycles. The number of fused-ring (bicyclic) bond motifs is 1. The van der Waals surface area contributed by atoms with Gasteiger partial charge in [0, 0.05) is 12.2 Å². The number of hydrogen-bond acceptors (Lipinski definition) is 2. The Labute approximate surface area is 100 Å². The summed E-state index contributed by atoms with van der Waals surface area (Å²) in [6, 6.07) is 0.778. The summed E-state index contributed by atoms with van der Waals surface area (Å²) < 4.78 is 39.8. The maximum Gasteiger partial charge on any atom is 0.417 e. The van der Waals surface area contributed by atoms with E-state index in [9.17, 15) is 13.2 Å². The Morgan fingerprint density at radius 3 is 2.53 bits per heavy atom. The second kappa shape index (κ2) is 3.87. The van der Waals surface area contributed by atoms with Crippen molar-refractivity contribution in [2.75, 3.05) is 0 Å². The smallest absolute Gasteiger partial charge is 0.267 e. The van der Waals surface area contributed by atoms with Crippen LogP contribution in [-0.4, -0.2) is 14.8 Å². The molecule has 92 valence electrons. The van der Waals surface area contributed by atoms with Crippen LogP contribution in [0.4, 0.5) is 13.2 Å². The Balaban J connectivity index is 2.75. The van der Waals surface area contributed by atoms with Gasteiger partial charge in [-0.3, -0.25) is 4.68 Å². The average Bonchev–Trinajstić information content (AvgIpc) is 2.58. The van der Waals surface area contributed by atoms with Crippen LogP contribution in [0.25, 0.3) is 11.0 Å². The molecule has 0 aliphatic rings. The molecule has 0 bridgehead atoms. The monoisotopic (exact) mass is 263 g/mol. The number of pyridine rings is 1. The van der Waals surface area contributed by atoms with Crippen molar-refractivity contribution in [2.24, 2.45) is 0 Å². The van der Waals surface area contributed by atoms with Gasteiger partial charge < -0.3 is 0 Å². The van der Waals surface area contributed by atoms with Crippen LogP contribution in [-0.2, 0) is 6.18 Å². The molecule has 0 unspecified atom stereocenters. The lowest BCUT2D eigenvalue weighted by Gasteiger charge is -2.07. The number of nitrogens with zero attached hydrogens (tertiary/aromatic N) is 3. The van der Waals surface area contributed by atoms with E-state index < -0.39 is 11.7 Å². The maximum absolute atomic E-state index is 12.8. The molecule has 17 heavy (non-hydrogen) atoms. The molecule has 0 saturated heterocycles. The SMILES string of the molecule is CC(C)n1cc2c(C(F)(F)F)cc(Cl)nc2n1. The maximum atomic E-state index is 12.8. The van der Waals surface area contributed by atoms with Crippen LogP contribution in [0.2, 0.25) is 5.15 Å². The third-order valence-corrected chi connectivity index (χ3v) is 2.51. The highest BCUT2D eigenvalue weighted by Crippen LogP contribution is 2.35. The van der Waals surface area contributed by atoms with Crippen molar-refractivity contribution < 1.29 is 13.2 Å². The van der Waals surface area contributed by atoms with Crippen LogP contribution in [0.1, 0.15) is 25.5 Å². The Kier molecular flexibility index (Phi) is 2.77. The van der Waals surface area contributed by atoms with E-state index in [0.29, 0.717) is 0 Å². The van der Waals surface area contributed by atoms with E-state index >= 15 is 0 Å². The molecule has 0 radical (unpaired) electrons. The van der Waals surface area contributed by atoms with E-state index in [2.05, 4.69) is 10.1 Å². The number of rotatable bonds is 1. The fraction of sp³-hybridized carbons (Fsp3) is 0.400. The lowest BCUT2D eigenvalue weighted by molar-refractivity contribution is -0.136. The van der Waals surface area contributed by atoms with Crippen molar-refractivity contribution in [1.82, 2.24) is 14.8 Å². The van der Waals surface area contributed by atoms with E-state index in [0.717, 1.165) is 6.07 Å². The van der Waals surface area contributed by atoms with E-state index in [4.69, 9.17) is 11.6 Å². The van der Waals surface area contributed by atoms with Gasteiger partial charge in [0.1, 0.15) is 5.15 Å². The largest absolute Gasteiger partial charge is 0.417 e. The minimum absolute atomic E-state index is 0.0125. The predicted molar refractivity (Wildman–Crippen MR) is 57.9 cm³/mol. The van der Waals surface area contributed by atoms with Crippen LogP contribution in [0.5, 0.6) is 0 Å². The highest BCUT2D eigenvalue weighted by Gasteiger charge is 2.34. The van der Waals surface area contributed by atoms with Gasteiger partial charge in [-0.05, 0) is 19.9 Å². The van der Waals surface area contributed by atoms with Gasteiger partial charge in [-0.2, -0.15) is 18.3 Å². The summed E-state index contributed by atoms with van der Waals surface area (Å²) in [4.78, 5) is 3.79. The number of alkyl halides is 3. The van der Waals surface area contributed by atoms with Crippen molar-refractivity contribution in [1.29, 1.82) is 0 Å². The summed E-state index contributed by atoms with van der Waals surface area (Å²) in [5.74, 6) is 0. The van der Waals surface area contributed by atoms with Gasteiger partial charge >= 0.3 is 6.18 Å². The molecule has 0 fully saturated rings. The minimum Gasteiger partial charge on any atom is -0.267 e. The average molecular weight is 264 g/mol. The highest BCUT2D eigenvalue weighted by molar-refractivity contribution is 6.29. The van der Waals surface area contributed by atoms with Gasteiger partial charge in [0.05, 0.1) is 10.9 Å². The van der Waals surface area contributed by atoms with Crippen LogP contribution >= 0.6 is 11.6 Å². The lowest BCUT2D eigenvalue weighted by Crippen LogP contribution is -2.05. The fourth-order valence-electron chi connectivity index (χ4n) is 1.48. The lowest BCUT2D eigenvalue weighted by atomic mass is 10.2. The van der Waals surface area contributed by atoms with Gasteiger partial charge in [-0.25, -0.2) is 4.98 Å². The molecule has 2 aromatic heterocycles. The normalized spacial score (nSPS) is 12.6. The van der Waals surface area contributed by atoms with E-state index in [1.807, 2.05) is 13.8 Å². The van der Waals surface area contributed by atoms with Crippen LogP contribution < -0.4 is 0 Å². The topological polar surface area (TPSA) is 30.7 Å². The Bertz CT molecular complexity index is 560. The Morgan fingerprint density at radius 2 is 2.00 bits per heavy atom. The van der Waals surface area contributed by atoms with Gasteiger partial charge in [-0.1, -0.05) is 11.6 Å². The standard InChI is InChI=1S/C10H9ClF3N3/c1-5(2)17-4-6-7(10(12,13)14)3-8(11)15-9(6)16-17/h3-5H,1-2H3. The minimum atomic E-state index is -4.46. The number of halogens is 4. The van der Waals surface area contributed by atoms with Crippen molar-refractivity contribution in [3.8, 4) is 0 Å². The van der Waals surface area contributed by atoms with E-state index in [1.54, 1.807) is 0 Å². The molecule has 0 saturated carbocycles. The van der Waals surface area contributed by atoms with Crippen molar-refractivity contribution in [2.45, 2.75) is 26.1 Å². The fourth-order valence-corrected chi connectivity index (χ4v) is 1.67. The molecule has 0 aliphatic carbocycles. The number of hydrogen-bond donors (Lipinski definition) is 0. The zero-order valence-electron chi connectivity index (χ0n) is 9.09. The number of aromatic nitrogens is 3. The second-order valence-electron chi connectivity index (χ2n) is 3.93. The van der Waals surface area contributed by atoms with Crippen molar-refractivity contribution in [3.63, 3.8) is 0 Å². The van der Waals surface area contributed by atoms with Crippen LogP contribution in [0.3, 0.4) is 0 Å². The Morgan fingerprint density at radius 1 is 1.35 bits per heavy atom. The molecule has 0 N–H and O–H groups in total. The summed E-state index contributed by atoms with van der Waals surface area (Å²) >= 11 is 5.56. The third kappa shape index (κ3) is 2.22. The van der Waals surface area contributed by atoms with Crippen molar-refractivity contribution in [3.05, 3.63) is 23.0 Å². The molecule has 0 atom stereocenters. The summed E-state index contributed by atoms with van der Waals surface area (Å²) in [6.07, 6.45) is -3.12. The molecule has 3 nitrogen and oxygen atoms in total. The Hall–Kier alpha value is -1.30. The molecule has 0 amide bonds. The van der Waals surface area contributed by atoms with Gasteiger partial charge in [0.25, 0.3) is 0 Å². The zero-order valence-corrected chi connectivity index (χ0v) is 9.84. The molecule has 2 rings (SSSR count). The molecular weight excluding hydrogens is 255 g/mol. The molecular formula is C10H9ClF3N3.